The Labute approximate surface area is 129 Å². The number of esters is 1. The van der Waals surface area contributed by atoms with E-state index in [2.05, 4.69) is 9.59 Å². The van der Waals surface area contributed by atoms with Crippen LogP contribution in [-0.4, -0.2) is 45.6 Å². The number of carbonyl (C=O) groups is 2. The average Bonchev–Trinajstić information content (AvgIpc) is 2.84. The lowest BCUT2D eigenvalue weighted by atomic mass is 9.91. The molecule has 0 saturated carbocycles. The van der Waals surface area contributed by atoms with Crippen LogP contribution in [0.1, 0.15) is 56.9 Å². The first-order valence-electron chi connectivity index (χ1n) is 6.97. The molecule has 0 atom stereocenters. The van der Waals surface area contributed by atoms with Crippen LogP contribution in [-0.2, 0) is 14.9 Å². The highest BCUT2D eigenvalue weighted by Crippen LogP contribution is 2.27. The molecule has 0 aliphatic rings. The van der Waals surface area contributed by atoms with Gasteiger partial charge in [-0.25, -0.2) is 0 Å². The lowest BCUT2D eigenvalue weighted by Gasteiger charge is -2.26. The van der Waals surface area contributed by atoms with E-state index in [1.807, 2.05) is 34.6 Å². The maximum Gasteiger partial charge on any atom is 0.325 e. The maximum absolute atomic E-state index is 12.7. The molecule has 6 nitrogen and oxygen atoms in total. The van der Waals surface area contributed by atoms with Crippen molar-refractivity contribution in [3.8, 4) is 0 Å². The third kappa shape index (κ3) is 4.49. The van der Waals surface area contributed by atoms with Gasteiger partial charge in [-0.2, -0.15) is 0 Å². The lowest BCUT2D eigenvalue weighted by Crippen LogP contribution is -2.41. The van der Waals surface area contributed by atoms with Gasteiger partial charge in [-0.15, -0.1) is 5.10 Å². The first kappa shape index (κ1) is 17.6. The SMILES string of the molecule is CCOC(=O)CN(C(=O)c1snnc1C(C)(C)C)C(C)C. The Kier molecular flexibility index (Phi) is 5.83. The van der Waals surface area contributed by atoms with Gasteiger partial charge in [-0.1, -0.05) is 25.3 Å². The van der Waals surface area contributed by atoms with Gasteiger partial charge >= 0.3 is 5.97 Å². The van der Waals surface area contributed by atoms with Crippen molar-refractivity contribution < 1.29 is 14.3 Å². The topological polar surface area (TPSA) is 72.4 Å². The summed E-state index contributed by atoms with van der Waals surface area (Å²) in [6.07, 6.45) is 0. The predicted octanol–water partition coefficient (Wildman–Crippen LogP) is 2.25. The summed E-state index contributed by atoms with van der Waals surface area (Å²) in [6.45, 7) is 11.6. The monoisotopic (exact) mass is 313 g/mol. The summed E-state index contributed by atoms with van der Waals surface area (Å²) in [5.74, 6) is -0.632. The third-order valence-corrected chi connectivity index (χ3v) is 3.60. The van der Waals surface area contributed by atoms with Crippen molar-refractivity contribution in [3.63, 3.8) is 0 Å². The zero-order chi connectivity index (χ0) is 16.2. The average molecular weight is 313 g/mol. The van der Waals surface area contributed by atoms with Crippen molar-refractivity contribution in [2.24, 2.45) is 0 Å². The van der Waals surface area contributed by atoms with E-state index >= 15 is 0 Å². The molecule has 118 valence electrons. The van der Waals surface area contributed by atoms with E-state index in [9.17, 15) is 9.59 Å². The lowest BCUT2D eigenvalue weighted by molar-refractivity contribution is -0.144. The minimum atomic E-state index is -0.408. The third-order valence-electron chi connectivity index (χ3n) is 2.88. The summed E-state index contributed by atoms with van der Waals surface area (Å²) in [7, 11) is 0. The molecule has 0 radical (unpaired) electrons. The van der Waals surface area contributed by atoms with Crippen molar-refractivity contribution in [2.45, 2.75) is 53.0 Å². The van der Waals surface area contributed by atoms with Crippen LogP contribution in [0, 0.1) is 0 Å². The van der Waals surface area contributed by atoms with E-state index in [-0.39, 0.29) is 23.9 Å². The van der Waals surface area contributed by atoms with Crippen molar-refractivity contribution in [2.75, 3.05) is 13.2 Å². The zero-order valence-corrected chi connectivity index (χ0v) is 14.3. The molecule has 0 saturated heterocycles. The molecule has 1 heterocycles. The Hall–Kier alpha value is -1.50. The van der Waals surface area contributed by atoms with Crippen LogP contribution in [0.25, 0.3) is 0 Å². The first-order chi connectivity index (χ1) is 9.68. The highest BCUT2D eigenvalue weighted by atomic mass is 32.1. The molecule has 0 aliphatic carbocycles. The minimum absolute atomic E-state index is 0.0637. The van der Waals surface area contributed by atoms with Gasteiger partial charge in [0.1, 0.15) is 11.4 Å². The van der Waals surface area contributed by atoms with E-state index < -0.39 is 5.97 Å². The summed E-state index contributed by atoms with van der Waals surface area (Å²) >= 11 is 1.07. The highest BCUT2D eigenvalue weighted by molar-refractivity contribution is 7.08. The number of carbonyl (C=O) groups excluding carboxylic acids is 2. The molecule has 1 rings (SSSR count). The van der Waals surface area contributed by atoms with Crippen LogP contribution in [0.15, 0.2) is 0 Å². The van der Waals surface area contributed by atoms with Gasteiger partial charge < -0.3 is 9.64 Å². The minimum Gasteiger partial charge on any atom is -0.465 e. The molecule has 0 bridgehead atoms. The van der Waals surface area contributed by atoms with Crippen molar-refractivity contribution in [1.82, 2.24) is 14.5 Å². The number of aromatic nitrogens is 2. The van der Waals surface area contributed by atoms with Crippen LogP contribution in [0.4, 0.5) is 0 Å². The van der Waals surface area contributed by atoms with Crippen LogP contribution < -0.4 is 0 Å². The predicted molar refractivity (Wildman–Crippen MR) is 81.4 cm³/mol. The summed E-state index contributed by atoms with van der Waals surface area (Å²) in [4.78, 5) is 26.3. The van der Waals surface area contributed by atoms with E-state index in [1.54, 1.807) is 6.92 Å². The number of nitrogens with zero attached hydrogens (tertiary/aromatic N) is 3. The van der Waals surface area contributed by atoms with E-state index in [4.69, 9.17) is 4.74 Å². The molecule has 0 fully saturated rings. The van der Waals surface area contributed by atoms with Gasteiger partial charge in [0.2, 0.25) is 0 Å². The standard InChI is InChI=1S/C14H23N3O3S/c1-7-20-10(18)8-17(9(2)3)13(19)11-12(14(4,5)6)15-16-21-11/h9H,7-8H2,1-6H3. The molecule has 7 heteroatoms. The number of rotatable bonds is 5. The molecule has 0 N–H and O–H groups in total. The van der Waals surface area contributed by atoms with E-state index in [1.165, 1.54) is 4.90 Å². The molecule has 0 aliphatic heterocycles. The fourth-order valence-electron chi connectivity index (χ4n) is 1.79. The second-order valence-corrected chi connectivity index (χ2v) is 6.79. The Morgan fingerprint density at radius 1 is 1.33 bits per heavy atom. The van der Waals surface area contributed by atoms with Gasteiger partial charge in [0.15, 0.2) is 0 Å². The molecular formula is C14H23N3O3S. The Morgan fingerprint density at radius 3 is 2.43 bits per heavy atom. The van der Waals surface area contributed by atoms with Crippen LogP contribution in [0.3, 0.4) is 0 Å². The fraction of sp³-hybridized carbons (Fsp3) is 0.714. The molecule has 0 unspecified atom stereocenters. The second-order valence-electron chi connectivity index (χ2n) is 6.03. The summed E-state index contributed by atoms with van der Waals surface area (Å²) in [6, 6.07) is -0.114. The Balaban J connectivity index is 3.02. The van der Waals surface area contributed by atoms with Gasteiger partial charge in [0.25, 0.3) is 5.91 Å². The Bertz CT molecular complexity index is 506. The quantitative estimate of drug-likeness (QED) is 0.780. The molecule has 0 aromatic carbocycles. The maximum atomic E-state index is 12.7. The van der Waals surface area contributed by atoms with E-state index in [0.717, 1.165) is 11.5 Å². The number of hydrogen-bond donors (Lipinski definition) is 0. The number of ether oxygens (including phenoxy) is 1. The van der Waals surface area contributed by atoms with Gasteiger partial charge in [0.05, 0.1) is 12.3 Å². The van der Waals surface area contributed by atoms with Crippen LogP contribution in [0.5, 0.6) is 0 Å². The fourth-order valence-corrected chi connectivity index (χ4v) is 2.62. The normalized spacial score (nSPS) is 11.6. The van der Waals surface area contributed by atoms with Crippen molar-refractivity contribution >= 4 is 23.4 Å². The zero-order valence-electron chi connectivity index (χ0n) is 13.5. The molecule has 0 spiro atoms. The number of hydrogen-bond acceptors (Lipinski definition) is 6. The van der Waals surface area contributed by atoms with Crippen molar-refractivity contribution in [3.05, 3.63) is 10.6 Å². The second kappa shape index (κ2) is 6.98. The highest BCUT2D eigenvalue weighted by Gasteiger charge is 2.31. The van der Waals surface area contributed by atoms with E-state index in [0.29, 0.717) is 17.2 Å². The smallest absolute Gasteiger partial charge is 0.325 e. The molecule has 21 heavy (non-hydrogen) atoms. The summed E-state index contributed by atoms with van der Waals surface area (Å²) in [5.41, 5.74) is 0.386. The van der Waals surface area contributed by atoms with Gasteiger partial charge in [-0.05, 0) is 32.3 Å². The van der Waals surface area contributed by atoms with Crippen molar-refractivity contribution in [1.29, 1.82) is 0 Å². The number of amides is 1. The van der Waals surface area contributed by atoms with Gasteiger partial charge in [0, 0.05) is 11.5 Å². The molecule has 1 amide bonds. The first-order valence-corrected chi connectivity index (χ1v) is 7.75. The van der Waals surface area contributed by atoms with Crippen LogP contribution in [0.2, 0.25) is 0 Å². The Morgan fingerprint density at radius 2 is 1.95 bits per heavy atom. The molecule has 1 aromatic rings. The summed E-state index contributed by atoms with van der Waals surface area (Å²) < 4.78 is 8.82. The van der Waals surface area contributed by atoms with Crippen LogP contribution >= 0.6 is 11.5 Å². The molecule has 1 aromatic heterocycles. The summed E-state index contributed by atoms with van der Waals surface area (Å²) in [5, 5.41) is 4.07. The largest absolute Gasteiger partial charge is 0.465 e. The molecular weight excluding hydrogens is 290 g/mol. The van der Waals surface area contributed by atoms with Gasteiger partial charge in [-0.3, -0.25) is 9.59 Å².